The zero-order valence-electron chi connectivity index (χ0n) is 33.2. The number of hydrogen-bond donors (Lipinski definition) is 0. The average molecular weight is 763 g/mol. The van der Waals surface area contributed by atoms with E-state index in [2.05, 4.69) is 207 Å². The first-order valence-corrected chi connectivity index (χ1v) is 20.8. The third kappa shape index (κ3) is 5.28. The van der Waals surface area contributed by atoms with Crippen LogP contribution >= 0.6 is 0 Å². The van der Waals surface area contributed by atoms with Gasteiger partial charge in [0.25, 0.3) is 0 Å². The molecule has 0 bridgehead atoms. The molecule has 0 amide bonds. The monoisotopic (exact) mass is 762 g/mol. The van der Waals surface area contributed by atoms with E-state index in [0.717, 1.165) is 45.5 Å². The van der Waals surface area contributed by atoms with Crippen molar-refractivity contribution in [3.05, 3.63) is 206 Å². The Morgan fingerprint density at radius 3 is 1.65 bits per heavy atom. The van der Waals surface area contributed by atoms with Gasteiger partial charge in [-0.15, -0.1) is 0 Å². The molecule has 12 rings (SSSR count). The minimum Gasteiger partial charge on any atom is -0.252 e. The number of benzene rings is 10. The number of nitrogens with zero attached hydrogens (tertiary/aromatic N) is 2. The Morgan fingerprint density at radius 1 is 0.450 bits per heavy atom. The second-order valence-corrected chi connectivity index (χ2v) is 16.0. The molecule has 0 aliphatic heterocycles. The van der Waals surface area contributed by atoms with E-state index in [0.29, 0.717) is 0 Å². The summed E-state index contributed by atoms with van der Waals surface area (Å²) >= 11 is 0. The van der Waals surface area contributed by atoms with Gasteiger partial charge >= 0.3 is 0 Å². The smallest absolute Gasteiger partial charge is 0.0794 e. The maximum absolute atomic E-state index is 5.59. The summed E-state index contributed by atoms with van der Waals surface area (Å²) in [5, 5.41) is 15.6. The fourth-order valence-corrected chi connectivity index (χ4v) is 9.92. The first-order valence-electron chi connectivity index (χ1n) is 20.8. The molecule has 0 N–H and O–H groups in total. The van der Waals surface area contributed by atoms with Gasteiger partial charge in [-0.2, -0.15) is 0 Å². The van der Waals surface area contributed by atoms with E-state index in [1.165, 1.54) is 86.9 Å². The molecule has 1 aromatic heterocycles. The van der Waals surface area contributed by atoms with Gasteiger partial charge in [0, 0.05) is 44.6 Å². The van der Waals surface area contributed by atoms with E-state index < -0.39 is 0 Å². The largest absolute Gasteiger partial charge is 0.252 e. The standard InChI is InChI=1S/C58H38N2/c1-36-34-50(42-25-11-17-31-48(42)56(36)59-39-21-6-3-7-22-39)53-44-27-13-15-29-46(44)54(47-30-16-14-28-45(47)53)51-35-52-55(43-26-12-10-24-41(43)51)49-33-32-37-18-8-9-23-40(37)58(49)60-57(52)38-19-4-2-5-20-38/h2-21,23-35H,22H2,1H3. The fourth-order valence-electron chi connectivity index (χ4n) is 9.92. The fraction of sp³-hybridized carbons (Fsp3) is 0.0345. The third-order valence-corrected chi connectivity index (χ3v) is 12.5. The first-order chi connectivity index (χ1) is 29.7. The van der Waals surface area contributed by atoms with Crippen LogP contribution in [0.3, 0.4) is 0 Å². The molecule has 1 aliphatic rings. The Labute approximate surface area is 348 Å². The van der Waals surface area contributed by atoms with Gasteiger partial charge in [-0.3, -0.25) is 4.99 Å². The predicted molar refractivity (Wildman–Crippen MR) is 258 cm³/mol. The topological polar surface area (TPSA) is 25.2 Å². The summed E-state index contributed by atoms with van der Waals surface area (Å²) in [7, 11) is 0. The summed E-state index contributed by atoms with van der Waals surface area (Å²) in [6, 6.07) is 64.5. The summed E-state index contributed by atoms with van der Waals surface area (Å²) < 4.78 is 0. The Balaban J connectivity index is 1.21. The van der Waals surface area contributed by atoms with Crippen molar-refractivity contribution in [3.8, 4) is 33.5 Å². The van der Waals surface area contributed by atoms with Crippen molar-refractivity contribution in [2.24, 2.45) is 4.99 Å². The highest BCUT2D eigenvalue weighted by Crippen LogP contribution is 2.50. The third-order valence-electron chi connectivity index (χ3n) is 12.5. The van der Waals surface area contributed by atoms with Crippen molar-refractivity contribution in [2.75, 3.05) is 0 Å². The summed E-state index contributed by atoms with van der Waals surface area (Å²) in [5.74, 6) is 0. The first kappa shape index (κ1) is 34.4. The van der Waals surface area contributed by atoms with E-state index in [9.17, 15) is 0 Å². The number of fused-ring (bicyclic) bond motifs is 10. The van der Waals surface area contributed by atoms with Crippen molar-refractivity contribution < 1.29 is 0 Å². The van der Waals surface area contributed by atoms with Gasteiger partial charge in [0.1, 0.15) is 0 Å². The molecule has 0 unspecified atom stereocenters. The molecule has 1 heterocycles. The number of rotatable bonds is 4. The van der Waals surface area contributed by atoms with Gasteiger partial charge in [0.05, 0.1) is 16.9 Å². The molecule has 0 saturated carbocycles. The molecule has 2 nitrogen and oxygen atoms in total. The quantitative estimate of drug-likeness (QED) is 0.129. The van der Waals surface area contributed by atoms with E-state index >= 15 is 0 Å². The molecule has 60 heavy (non-hydrogen) atoms. The molecule has 0 atom stereocenters. The van der Waals surface area contributed by atoms with E-state index in [1.54, 1.807) is 0 Å². The highest BCUT2D eigenvalue weighted by atomic mass is 14.8. The lowest BCUT2D eigenvalue weighted by molar-refractivity contribution is 1.37. The molecular weight excluding hydrogens is 725 g/mol. The number of hydrogen-bond acceptors (Lipinski definition) is 2. The lowest BCUT2D eigenvalue weighted by Gasteiger charge is -2.22. The van der Waals surface area contributed by atoms with E-state index in [4.69, 9.17) is 9.98 Å². The molecule has 0 fully saturated rings. The number of allylic oxidation sites excluding steroid dienone is 4. The Morgan fingerprint density at radius 2 is 1.00 bits per heavy atom. The SMILES string of the molecule is Cc1cc(-c2c3ccccc3c(-c3cc4c(-c5ccccc5)nc5c6ccccc6ccc5c4c4ccccc34)c3ccccc23)c2ccccc2c1N=C1C=CC=CC1. The van der Waals surface area contributed by atoms with Gasteiger partial charge in [0.2, 0.25) is 0 Å². The molecule has 1 aliphatic carbocycles. The molecule has 0 spiro atoms. The van der Waals surface area contributed by atoms with Gasteiger partial charge < -0.3 is 0 Å². The highest BCUT2D eigenvalue weighted by Gasteiger charge is 2.23. The van der Waals surface area contributed by atoms with Crippen LogP contribution in [0.25, 0.3) is 109 Å². The van der Waals surface area contributed by atoms with Crippen LogP contribution < -0.4 is 0 Å². The van der Waals surface area contributed by atoms with Crippen molar-refractivity contribution in [3.63, 3.8) is 0 Å². The Kier molecular flexibility index (Phi) is 7.86. The molecule has 280 valence electrons. The van der Waals surface area contributed by atoms with Crippen LogP contribution in [0.5, 0.6) is 0 Å². The lowest BCUT2D eigenvalue weighted by atomic mass is 9.82. The molecule has 0 radical (unpaired) electrons. The highest BCUT2D eigenvalue weighted by molar-refractivity contribution is 6.31. The zero-order valence-corrected chi connectivity index (χ0v) is 33.2. The number of aromatic nitrogens is 1. The lowest BCUT2D eigenvalue weighted by Crippen LogP contribution is -1.96. The minimum absolute atomic E-state index is 0.836. The molecule has 0 saturated heterocycles. The molecule has 2 heteroatoms. The summed E-state index contributed by atoms with van der Waals surface area (Å²) in [4.78, 5) is 10.8. The van der Waals surface area contributed by atoms with E-state index in [1.807, 2.05) is 0 Å². The number of pyridine rings is 1. The van der Waals surface area contributed by atoms with Gasteiger partial charge in [-0.25, -0.2) is 4.98 Å². The van der Waals surface area contributed by atoms with Crippen molar-refractivity contribution in [1.82, 2.24) is 4.98 Å². The summed E-state index contributed by atoms with van der Waals surface area (Å²) in [5.41, 5.74) is 11.3. The number of aryl methyl sites for hydroxylation is 1. The zero-order chi connectivity index (χ0) is 39.7. The maximum Gasteiger partial charge on any atom is 0.0794 e. The van der Waals surface area contributed by atoms with Crippen LogP contribution in [0.2, 0.25) is 0 Å². The van der Waals surface area contributed by atoms with Crippen LogP contribution in [0.1, 0.15) is 12.0 Å². The van der Waals surface area contributed by atoms with Gasteiger partial charge in [0.15, 0.2) is 0 Å². The summed E-state index contributed by atoms with van der Waals surface area (Å²) in [6.45, 7) is 2.21. The van der Waals surface area contributed by atoms with Crippen molar-refractivity contribution in [1.29, 1.82) is 0 Å². The van der Waals surface area contributed by atoms with Gasteiger partial charge in [-0.1, -0.05) is 182 Å². The Bertz CT molecular complexity index is 3630. The van der Waals surface area contributed by atoms with Crippen molar-refractivity contribution in [2.45, 2.75) is 13.3 Å². The minimum atomic E-state index is 0.836. The average Bonchev–Trinajstić information content (AvgIpc) is 3.31. The van der Waals surface area contributed by atoms with Crippen LogP contribution in [-0.2, 0) is 0 Å². The van der Waals surface area contributed by atoms with Crippen molar-refractivity contribution >= 4 is 86.9 Å². The molecule has 10 aromatic carbocycles. The predicted octanol–water partition coefficient (Wildman–Crippen LogP) is 16.1. The molecular formula is C58H38N2. The number of aliphatic imine (C=N–C) groups is 1. The van der Waals surface area contributed by atoms with Gasteiger partial charge in [-0.05, 0) is 96.0 Å². The molecule has 11 aromatic rings. The normalized spacial score (nSPS) is 13.6. The second kappa shape index (κ2) is 13.7. The van der Waals surface area contributed by atoms with Crippen LogP contribution in [-0.4, -0.2) is 10.7 Å². The second-order valence-electron chi connectivity index (χ2n) is 16.0. The Hall–Kier alpha value is -7.68. The van der Waals surface area contributed by atoms with Crippen LogP contribution in [0, 0.1) is 6.92 Å². The summed E-state index contributed by atoms with van der Waals surface area (Å²) in [6.07, 6.45) is 9.31. The maximum atomic E-state index is 5.59. The van der Waals surface area contributed by atoms with Crippen LogP contribution in [0.4, 0.5) is 5.69 Å². The van der Waals surface area contributed by atoms with Crippen LogP contribution in [0.15, 0.2) is 205 Å². The van der Waals surface area contributed by atoms with E-state index in [-0.39, 0.29) is 0 Å².